The molecule has 3 rings (SSSR count). The smallest absolute Gasteiger partial charge is 0.259 e. The van der Waals surface area contributed by atoms with Crippen molar-refractivity contribution in [2.75, 3.05) is 5.73 Å². The maximum Gasteiger partial charge on any atom is 0.259 e. The summed E-state index contributed by atoms with van der Waals surface area (Å²) in [6.45, 7) is 33.7. The molecule has 3 aromatic carbocycles. The highest BCUT2D eigenvalue weighted by Gasteiger charge is 2.22. The Morgan fingerprint density at radius 3 is 1.37 bits per heavy atom. The molecule has 0 aromatic heterocycles. The number of nitro groups is 2. The number of hydrogen-bond acceptors (Lipinski definition) is 5. The molecule has 0 fully saturated rings. The zero-order chi connectivity index (χ0) is 30.8. The Bertz CT molecular complexity index is 1550. The molecule has 0 aliphatic rings. The van der Waals surface area contributed by atoms with Crippen LogP contribution in [0, 0.1) is 39.9 Å². The van der Waals surface area contributed by atoms with Crippen LogP contribution in [0.5, 0.6) is 0 Å². The molecular formula is C30H41ClN6O4Si2. The summed E-state index contributed by atoms with van der Waals surface area (Å²) in [5.74, 6) is 0. The molecule has 0 radical (unpaired) electrons. The molecule has 0 amide bonds. The van der Waals surface area contributed by atoms with Gasteiger partial charge in [0.05, 0.1) is 45.7 Å². The van der Waals surface area contributed by atoms with Crippen molar-refractivity contribution in [1.29, 1.82) is 0 Å². The molecule has 0 aliphatic carbocycles. The molecular weight excluding hydrogens is 600 g/mol. The molecule has 3 aromatic rings. The number of nitro benzene ring substituents is 2. The van der Waals surface area contributed by atoms with Gasteiger partial charge in [0.2, 0.25) is 5.69 Å². The molecule has 0 bridgehead atoms. The van der Waals surface area contributed by atoms with Crippen LogP contribution >= 0.6 is 11.6 Å². The number of nitrogens with two attached hydrogens (primary N) is 1. The van der Waals surface area contributed by atoms with Crippen LogP contribution in [0.2, 0.25) is 44.3 Å². The third kappa shape index (κ3) is 12.9. The van der Waals surface area contributed by atoms with E-state index in [4.69, 9.17) is 37.1 Å². The first-order valence-corrected chi connectivity index (χ1v) is 19.1. The normalized spacial score (nSPS) is 9.58. The Morgan fingerprint density at radius 2 is 1.00 bits per heavy atom. The maximum absolute atomic E-state index is 10.5. The van der Waals surface area contributed by atoms with E-state index in [2.05, 4.69) is 53.8 Å². The van der Waals surface area contributed by atoms with E-state index in [1.165, 1.54) is 29.5 Å². The van der Waals surface area contributed by atoms with E-state index in [1.54, 1.807) is 12.1 Å². The van der Waals surface area contributed by atoms with E-state index in [-0.39, 0.29) is 44.4 Å². The number of anilines is 1. The summed E-state index contributed by atoms with van der Waals surface area (Å²) in [6.07, 6.45) is 0. The van der Waals surface area contributed by atoms with Gasteiger partial charge in [0.1, 0.15) is 0 Å². The molecule has 0 unspecified atom stereocenters. The van der Waals surface area contributed by atoms with Crippen LogP contribution in [0.3, 0.4) is 0 Å². The second kappa shape index (κ2) is 18.1. The zero-order valence-electron chi connectivity index (χ0n) is 23.0. The molecule has 0 heterocycles. The van der Waals surface area contributed by atoms with Crippen LogP contribution in [0.1, 0.15) is 22.3 Å². The van der Waals surface area contributed by atoms with Crippen LogP contribution in [0.25, 0.3) is 14.5 Å². The van der Waals surface area contributed by atoms with Gasteiger partial charge in [-0.1, -0.05) is 95.7 Å². The minimum atomic E-state index is -1.59. The minimum absolute atomic E-state index is 0. The van der Waals surface area contributed by atoms with Gasteiger partial charge in [0, 0.05) is 35.0 Å². The number of halogens is 1. The van der Waals surface area contributed by atoms with E-state index in [0.717, 1.165) is 16.9 Å². The molecule has 2 N–H and O–H groups in total. The molecule has 0 saturated carbocycles. The number of nitrogen functional groups attached to an aromatic ring is 1. The summed E-state index contributed by atoms with van der Waals surface area (Å²) in [6, 6.07) is 13.9. The van der Waals surface area contributed by atoms with Gasteiger partial charge in [-0.3, -0.25) is 20.2 Å². The van der Waals surface area contributed by atoms with Crippen molar-refractivity contribution in [3.8, 4) is 0 Å². The van der Waals surface area contributed by atoms with Crippen molar-refractivity contribution in [3.05, 3.63) is 114 Å². The maximum atomic E-state index is 10.5. The Hall–Kier alpha value is -4.55. The van der Waals surface area contributed by atoms with E-state index in [9.17, 15) is 20.2 Å². The average Bonchev–Trinajstić information content (AvgIpc) is 2.87. The average molecular weight is 641 g/mol. The number of hydrogen-bond donors (Lipinski definition) is 1. The van der Waals surface area contributed by atoms with Gasteiger partial charge in [0.25, 0.3) is 11.4 Å². The Kier molecular flexibility index (Phi) is 18.1. The van der Waals surface area contributed by atoms with E-state index in [1.807, 2.05) is 12.1 Å². The van der Waals surface area contributed by atoms with Crippen molar-refractivity contribution in [1.82, 2.24) is 0 Å². The van der Waals surface area contributed by atoms with Crippen molar-refractivity contribution in [2.24, 2.45) is 0 Å². The Balaban J connectivity index is -0.000000542. The van der Waals surface area contributed by atoms with E-state index in [0.29, 0.717) is 11.4 Å². The highest BCUT2D eigenvalue weighted by molar-refractivity contribution is 6.90. The lowest BCUT2D eigenvalue weighted by Gasteiger charge is -2.18. The van der Waals surface area contributed by atoms with Gasteiger partial charge in [-0.25, -0.2) is 14.5 Å². The third-order valence-electron chi connectivity index (χ3n) is 5.33. The number of non-ortho nitro benzene ring substituents is 2. The summed E-state index contributed by atoms with van der Waals surface area (Å²) in [7, 11) is -2.98. The fourth-order valence-electron chi connectivity index (χ4n) is 3.34. The summed E-state index contributed by atoms with van der Waals surface area (Å²) >= 11 is 5.56. The monoisotopic (exact) mass is 640 g/mol. The zero-order valence-corrected chi connectivity index (χ0v) is 25.8. The van der Waals surface area contributed by atoms with E-state index < -0.39 is 26.0 Å². The SMILES string of the molecule is C.C.C.[C-]#[N+]c1cc(N)ccc1[Si](C)(C)C.[C-]#[N+]c1cc([N+](=O)[O-])ccc1Cl.[C-]#[N+]c1cc([N+](=O)[O-])ccc1[Si](C)(C)C. The van der Waals surface area contributed by atoms with Crippen molar-refractivity contribution < 1.29 is 9.85 Å². The lowest BCUT2D eigenvalue weighted by atomic mass is 10.3. The van der Waals surface area contributed by atoms with Gasteiger partial charge >= 0.3 is 0 Å². The third-order valence-corrected chi connectivity index (χ3v) is 9.73. The van der Waals surface area contributed by atoms with E-state index >= 15 is 0 Å². The lowest BCUT2D eigenvalue weighted by Crippen LogP contribution is -2.37. The predicted molar refractivity (Wildman–Crippen MR) is 187 cm³/mol. The molecule has 0 saturated heterocycles. The number of benzene rings is 3. The fourth-order valence-corrected chi connectivity index (χ4v) is 6.46. The standard InChI is InChI=1S/C10H12N2O2Si.C10H14N2Si.C7H3ClN2O2.3CH4/c1-11-9-7-8(12(13)14)5-6-10(9)15(2,3)4;1-12-9-7-8(11)5-6-10(9)13(2,3)4;1-9-7-4-5(10(11)12)2-3-6(7)8;;;/h5-7H,2-4H3;5-7H,11H2,2-4H3;2-4H;3*1H4. The number of rotatable bonds is 4. The van der Waals surface area contributed by atoms with Gasteiger partial charge in [-0.15, -0.1) is 0 Å². The van der Waals surface area contributed by atoms with Crippen LogP contribution in [0.15, 0.2) is 54.6 Å². The first-order valence-electron chi connectivity index (χ1n) is 11.7. The molecule has 0 atom stereocenters. The highest BCUT2D eigenvalue weighted by Crippen LogP contribution is 2.28. The topological polar surface area (TPSA) is 125 Å². The molecule has 13 heteroatoms. The first kappa shape index (κ1) is 42.9. The van der Waals surface area contributed by atoms with Crippen LogP contribution in [-0.4, -0.2) is 26.0 Å². The summed E-state index contributed by atoms with van der Waals surface area (Å²) in [5.41, 5.74) is 7.41. The lowest BCUT2D eigenvalue weighted by molar-refractivity contribution is -0.384. The predicted octanol–water partition coefficient (Wildman–Crippen LogP) is 9.76. The molecule has 0 aliphatic heterocycles. The van der Waals surface area contributed by atoms with Gasteiger partial charge in [-0.05, 0) is 18.2 Å². The summed E-state index contributed by atoms with van der Waals surface area (Å²) in [4.78, 5) is 29.6. The van der Waals surface area contributed by atoms with Gasteiger partial charge in [-0.2, -0.15) is 0 Å². The Labute approximate surface area is 262 Å². The molecule has 43 heavy (non-hydrogen) atoms. The first-order chi connectivity index (χ1) is 18.5. The van der Waals surface area contributed by atoms with Crippen molar-refractivity contribution in [3.63, 3.8) is 0 Å². The molecule has 10 nitrogen and oxygen atoms in total. The summed E-state index contributed by atoms with van der Waals surface area (Å²) in [5, 5.41) is 23.2. The minimum Gasteiger partial charge on any atom is -0.400 e. The molecule has 0 spiro atoms. The second-order valence-electron chi connectivity index (χ2n) is 10.5. The second-order valence-corrected chi connectivity index (χ2v) is 20.9. The Morgan fingerprint density at radius 1 is 0.651 bits per heavy atom. The van der Waals surface area contributed by atoms with Crippen molar-refractivity contribution >= 4 is 72.2 Å². The van der Waals surface area contributed by atoms with Crippen LogP contribution in [-0.2, 0) is 0 Å². The van der Waals surface area contributed by atoms with Gasteiger partial charge < -0.3 is 5.73 Å². The molecule has 230 valence electrons. The fraction of sp³-hybridized carbons (Fsp3) is 0.300. The quantitative estimate of drug-likeness (QED) is 0.0998. The highest BCUT2D eigenvalue weighted by atomic mass is 35.5. The number of nitrogens with zero attached hydrogens (tertiary/aromatic N) is 5. The van der Waals surface area contributed by atoms with Crippen LogP contribution in [0.4, 0.5) is 34.1 Å². The van der Waals surface area contributed by atoms with Crippen LogP contribution < -0.4 is 16.1 Å². The van der Waals surface area contributed by atoms with Gasteiger partial charge in [0.15, 0.2) is 11.4 Å². The van der Waals surface area contributed by atoms with Crippen molar-refractivity contribution in [2.45, 2.75) is 61.6 Å². The summed E-state index contributed by atoms with van der Waals surface area (Å²) < 4.78 is 0. The largest absolute Gasteiger partial charge is 0.400 e.